The highest BCUT2D eigenvalue weighted by atomic mass is 79.9. The van der Waals surface area contributed by atoms with Gasteiger partial charge in [0.15, 0.2) is 11.0 Å². The van der Waals surface area contributed by atoms with E-state index in [4.69, 9.17) is 0 Å². The molecule has 2 aromatic rings. The molecule has 0 bridgehead atoms. The molecule has 0 saturated heterocycles. The molecule has 0 saturated carbocycles. The molecule has 1 heterocycles. The summed E-state index contributed by atoms with van der Waals surface area (Å²) in [5.74, 6) is 1.17. The summed E-state index contributed by atoms with van der Waals surface area (Å²) in [6.45, 7) is 3.22. The number of hydrogen-bond acceptors (Lipinski definition) is 4. The highest BCUT2D eigenvalue weighted by molar-refractivity contribution is 8.93. The van der Waals surface area contributed by atoms with E-state index in [2.05, 4.69) is 24.0 Å². The van der Waals surface area contributed by atoms with Crippen molar-refractivity contribution in [2.24, 2.45) is 4.99 Å². The Labute approximate surface area is 157 Å². The fourth-order valence-corrected chi connectivity index (χ4v) is 3.50. The van der Waals surface area contributed by atoms with Crippen molar-refractivity contribution in [3.63, 3.8) is 0 Å². The Bertz CT molecular complexity index is 718. The van der Waals surface area contributed by atoms with Crippen molar-refractivity contribution in [3.05, 3.63) is 65.7 Å². The summed E-state index contributed by atoms with van der Waals surface area (Å²) in [5.41, 5.74) is 2.95. The number of amidine groups is 1. The number of ketones is 1. The van der Waals surface area contributed by atoms with Crippen molar-refractivity contribution >= 4 is 45.4 Å². The van der Waals surface area contributed by atoms with E-state index in [0.29, 0.717) is 6.54 Å². The first-order chi connectivity index (χ1) is 11.2. The van der Waals surface area contributed by atoms with Gasteiger partial charge in [0.25, 0.3) is 0 Å². The summed E-state index contributed by atoms with van der Waals surface area (Å²) in [6, 6.07) is 17.7. The number of aliphatic imine (C=N–C) groups is 1. The van der Waals surface area contributed by atoms with Crippen LogP contribution in [0.1, 0.15) is 22.3 Å². The Balaban J connectivity index is 0.00000208. The number of rotatable bonds is 4. The van der Waals surface area contributed by atoms with Crippen LogP contribution in [0.15, 0.2) is 59.6 Å². The molecule has 2 aromatic carbocycles. The van der Waals surface area contributed by atoms with E-state index in [0.717, 1.165) is 35.1 Å². The molecular formula is C19H21BrN2OS. The van der Waals surface area contributed by atoms with Crippen LogP contribution in [0.25, 0.3) is 0 Å². The normalized spacial score (nSPS) is 13.6. The van der Waals surface area contributed by atoms with Gasteiger partial charge in [-0.2, -0.15) is 0 Å². The molecule has 1 aliphatic heterocycles. The first-order valence-electron chi connectivity index (χ1n) is 7.84. The maximum atomic E-state index is 12.7. The third kappa shape index (κ3) is 4.71. The van der Waals surface area contributed by atoms with E-state index < -0.39 is 0 Å². The zero-order valence-electron chi connectivity index (χ0n) is 13.6. The SMILES string of the molecule is Br.Cc1cccc(N(CC(=O)c2ccccc2)C2=NCCCS2)c1. The van der Waals surface area contributed by atoms with Gasteiger partial charge in [0, 0.05) is 23.5 Å². The fraction of sp³-hybridized carbons (Fsp3) is 0.263. The largest absolute Gasteiger partial charge is 0.313 e. The molecule has 0 amide bonds. The Morgan fingerprint density at radius 3 is 2.62 bits per heavy atom. The second-order valence-corrected chi connectivity index (χ2v) is 6.64. The van der Waals surface area contributed by atoms with Gasteiger partial charge in [-0.25, -0.2) is 0 Å². The maximum Gasteiger partial charge on any atom is 0.182 e. The van der Waals surface area contributed by atoms with Crippen LogP contribution in [0, 0.1) is 6.92 Å². The molecule has 0 N–H and O–H groups in total. The summed E-state index contributed by atoms with van der Waals surface area (Å²) in [5, 5.41) is 0.950. The molecule has 0 aliphatic carbocycles. The van der Waals surface area contributed by atoms with Gasteiger partial charge in [-0.3, -0.25) is 9.79 Å². The molecule has 0 atom stereocenters. The van der Waals surface area contributed by atoms with Crippen LogP contribution in [-0.4, -0.2) is 29.8 Å². The van der Waals surface area contributed by atoms with Crippen LogP contribution in [0.4, 0.5) is 5.69 Å². The van der Waals surface area contributed by atoms with Crippen LogP contribution in [-0.2, 0) is 0 Å². The zero-order chi connectivity index (χ0) is 16.1. The summed E-state index contributed by atoms with van der Waals surface area (Å²) in [6.07, 6.45) is 1.10. The summed E-state index contributed by atoms with van der Waals surface area (Å²) in [7, 11) is 0. The van der Waals surface area contributed by atoms with Crippen molar-refractivity contribution in [3.8, 4) is 0 Å². The van der Waals surface area contributed by atoms with E-state index in [1.165, 1.54) is 5.56 Å². The molecule has 0 fully saturated rings. The van der Waals surface area contributed by atoms with Gasteiger partial charge in [0.05, 0.1) is 6.54 Å². The van der Waals surface area contributed by atoms with Crippen LogP contribution < -0.4 is 4.90 Å². The van der Waals surface area contributed by atoms with Crippen molar-refractivity contribution in [2.75, 3.05) is 23.7 Å². The molecular weight excluding hydrogens is 384 g/mol. The van der Waals surface area contributed by atoms with E-state index in [-0.39, 0.29) is 22.8 Å². The highest BCUT2D eigenvalue weighted by Crippen LogP contribution is 2.24. The third-order valence-electron chi connectivity index (χ3n) is 3.72. The van der Waals surface area contributed by atoms with Crippen molar-refractivity contribution < 1.29 is 4.79 Å². The van der Waals surface area contributed by atoms with Crippen LogP contribution >= 0.6 is 28.7 Å². The lowest BCUT2D eigenvalue weighted by Crippen LogP contribution is -2.35. The predicted molar refractivity (Wildman–Crippen MR) is 109 cm³/mol. The molecule has 0 radical (unpaired) electrons. The average Bonchev–Trinajstić information content (AvgIpc) is 2.61. The van der Waals surface area contributed by atoms with E-state index >= 15 is 0 Å². The number of Topliss-reactive ketones (excluding diaryl/α,β-unsaturated/α-hetero) is 1. The van der Waals surface area contributed by atoms with Crippen LogP contribution in [0.5, 0.6) is 0 Å². The number of thioether (sulfide) groups is 1. The minimum Gasteiger partial charge on any atom is -0.313 e. The highest BCUT2D eigenvalue weighted by Gasteiger charge is 2.20. The van der Waals surface area contributed by atoms with Gasteiger partial charge in [-0.05, 0) is 31.0 Å². The number of benzene rings is 2. The quantitative estimate of drug-likeness (QED) is 0.688. The Kier molecular flexibility index (Phi) is 7.06. The van der Waals surface area contributed by atoms with Gasteiger partial charge in [0.2, 0.25) is 0 Å². The first kappa shape index (κ1) is 18.7. The number of carbonyl (C=O) groups excluding carboxylic acids is 1. The Morgan fingerprint density at radius 1 is 1.17 bits per heavy atom. The molecule has 0 aromatic heterocycles. The summed E-state index contributed by atoms with van der Waals surface area (Å²) >= 11 is 1.73. The van der Waals surface area contributed by atoms with Gasteiger partial charge < -0.3 is 4.90 Å². The Morgan fingerprint density at radius 2 is 1.96 bits per heavy atom. The number of anilines is 1. The van der Waals surface area contributed by atoms with E-state index in [1.54, 1.807) is 11.8 Å². The number of nitrogens with zero attached hydrogens (tertiary/aromatic N) is 2. The van der Waals surface area contributed by atoms with Gasteiger partial charge in [-0.1, -0.05) is 54.2 Å². The first-order valence-corrected chi connectivity index (χ1v) is 8.82. The lowest BCUT2D eigenvalue weighted by atomic mass is 10.1. The topological polar surface area (TPSA) is 32.7 Å². The second kappa shape index (κ2) is 9.04. The number of aryl methyl sites for hydroxylation is 1. The number of carbonyl (C=O) groups is 1. The Hall–Kier alpha value is -1.59. The molecule has 126 valence electrons. The van der Waals surface area contributed by atoms with E-state index in [9.17, 15) is 4.79 Å². The maximum absolute atomic E-state index is 12.7. The molecule has 0 spiro atoms. The van der Waals surface area contributed by atoms with Crippen molar-refractivity contribution in [2.45, 2.75) is 13.3 Å². The molecule has 1 aliphatic rings. The van der Waals surface area contributed by atoms with Crippen molar-refractivity contribution in [1.82, 2.24) is 0 Å². The lowest BCUT2D eigenvalue weighted by Gasteiger charge is -2.27. The molecule has 3 rings (SSSR count). The monoisotopic (exact) mass is 404 g/mol. The molecule has 24 heavy (non-hydrogen) atoms. The van der Waals surface area contributed by atoms with Gasteiger partial charge in [-0.15, -0.1) is 17.0 Å². The smallest absolute Gasteiger partial charge is 0.182 e. The molecule has 3 nitrogen and oxygen atoms in total. The third-order valence-corrected chi connectivity index (χ3v) is 4.82. The minimum atomic E-state index is 0. The second-order valence-electron chi connectivity index (χ2n) is 5.58. The van der Waals surface area contributed by atoms with Crippen molar-refractivity contribution in [1.29, 1.82) is 0 Å². The van der Waals surface area contributed by atoms with Crippen LogP contribution in [0.3, 0.4) is 0 Å². The van der Waals surface area contributed by atoms with Gasteiger partial charge in [0.1, 0.15) is 0 Å². The molecule has 5 heteroatoms. The fourth-order valence-electron chi connectivity index (χ4n) is 2.54. The predicted octanol–water partition coefficient (Wildman–Crippen LogP) is 4.76. The van der Waals surface area contributed by atoms with Gasteiger partial charge >= 0.3 is 0 Å². The van der Waals surface area contributed by atoms with E-state index in [1.807, 2.05) is 47.4 Å². The summed E-state index contributed by atoms with van der Waals surface area (Å²) in [4.78, 5) is 19.3. The average molecular weight is 405 g/mol. The number of halogens is 1. The standard InChI is InChI=1S/C19H20N2OS.BrH/c1-15-7-5-10-17(13-15)21(19-20-11-6-12-23-19)14-18(22)16-8-3-2-4-9-16;/h2-5,7-10,13H,6,11-12,14H2,1H3;1H. The van der Waals surface area contributed by atoms with Crippen LogP contribution in [0.2, 0.25) is 0 Å². The lowest BCUT2D eigenvalue weighted by molar-refractivity contribution is 0.100. The summed E-state index contributed by atoms with van der Waals surface area (Å²) < 4.78 is 0. The zero-order valence-corrected chi connectivity index (χ0v) is 16.2. The molecule has 0 unspecified atom stereocenters. The minimum absolute atomic E-state index is 0. The number of hydrogen-bond donors (Lipinski definition) is 0.